The van der Waals surface area contributed by atoms with Gasteiger partial charge in [-0.2, -0.15) is 5.26 Å². The van der Waals surface area contributed by atoms with Crippen molar-refractivity contribution < 1.29 is 9.59 Å². The number of pyridine rings is 3. The molecular weight excluding hydrogens is 634 g/mol. The van der Waals surface area contributed by atoms with Crippen LogP contribution in [0.2, 0.25) is 5.02 Å². The van der Waals surface area contributed by atoms with Gasteiger partial charge in [0.05, 0.1) is 10.5 Å². The van der Waals surface area contributed by atoms with Crippen LogP contribution in [-0.4, -0.2) is 26.8 Å². The highest BCUT2D eigenvalue weighted by Crippen LogP contribution is 2.28. The Morgan fingerprint density at radius 3 is 1.80 bits per heavy atom. The molecule has 6 aromatic rings. The Bertz CT molecular complexity index is 2180. The molecule has 10 heteroatoms. The molecule has 4 N–H and O–H groups in total. The van der Waals surface area contributed by atoms with Crippen LogP contribution >= 0.6 is 11.6 Å². The number of amides is 2. The van der Waals surface area contributed by atoms with Gasteiger partial charge in [0.15, 0.2) is 11.5 Å². The summed E-state index contributed by atoms with van der Waals surface area (Å²) >= 11 is 5.96. The van der Waals surface area contributed by atoms with Gasteiger partial charge in [0, 0.05) is 48.4 Å². The van der Waals surface area contributed by atoms with Crippen LogP contribution in [0.3, 0.4) is 0 Å². The molecule has 0 fully saturated rings. The van der Waals surface area contributed by atoms with Gasteiger partial charge in [-0.05, 0) is 103 Å². The minimum atomic E-state index is -0.0824. The number of nitrogen functional groups attached to an aromatic ring is 1. The van der Waals surface area contributed by atoms with E-state index in [0.717, 1.165) is 81.1 Å². The Labute approximate surface area is 290 Å². The number of rotatable bonds is 8. The normalized spacial score (nSPS) is 10.6. The molecule has 6 rings (SSSR count). The Balaban J connectivity index is 0.000000200. The first-order chi connectivity index (χ1) is 23.6. The van der Waals surface area contributed by atoms with Crippen molar-refractivity contribution in [2.75, 3.05) is 16.4 Å². The summed E-state index contributed by atoms with van der Waals surface area (Å²) in [6, 6.07) is 27.8. The number of carbonyl (C=O) groups excluding carboxylic acids is 2. The Hall–Kier alpha value is -5.85. The second-order valence-corrected chi connectivity index (χ2v) is 12.2. The number of nitrogens with one attached hydrogen (secondary N) is 2. The van der Waals surface area contributed by atoms with Crippen LogP contribution in [0.25, 0.3) is 21.8 Å². The molecule has 3 aromatic carbocycles. The third kappa shape index (κ3) is 9.37. The Morgan fingerprint density at radius 2 is 1.27 bits per heavy atom. The van der Waals surface area contributed by atoms with Crippen molar-refractivity contribution in [3.05, 3.63) is 130 Å². The second-order valence-electron chi connectivity index (χ2n) is 11.8. The first-order valence-corrected chi connectivity index (χ1v) is 16.2. The lowest BCUT2D eigenvalue weighted by molar-refractivity contribution is -0.115. The molecule has 0 atom stereocenters. The fraction of sp³-hybridized carbons (Fsp3) is 0.179. The molecule has 3 aromatic heterocycles. The zero-order valence-corrected chi connectivity index (χ0v) is 28.3. The molecule has 0 aliphatic carbocycles. The number of benzene rings is 3. The van der Waals surface area contributed by atoms with E-state index in [1.165, 1.54) is 19.4 Å². The SMILES string of the molecule is CC(=O)Nc1ccc(CCc2cnc(C#N)c(Cl)c2)cc1.CC(=O)Nc1ccc(CCc2cnc3c(N)nc4cc(C)ccc4c3c2)cc1. The zero-order chi connectivity index (χ0) is 34.9. The lowest BCUT2D eigenvalue weighted by Crippen LogP contribution is -2.05. The van der Waals surface area contributed by atoms with Gasteiger partial charge in [0.1, 0.15) is 11.6 Å². The van der Waals surface area contributed by atoms with Crippen molar-refractivity contribution in [2.24, 2.45) is 0 Å². The van der Waals surface area contributed by atoms with E-state index < -0.39 is 0 Å². The van der Waals surface area contributed by atoms with Gasteiger partial charge in [-0.3, -0.25) is 14.6 Å². The van der Waals surface area contributed by atoms with Crippen LogP contribution < -0.4 is 16.4 Å². The summed E-state index contributed by atoms with van der Waals surface area (Å²) in [6.45, 7) is 5.04. The average Bonchev–Trinajstić information content (AvgIpc) is 3.07. The standard InChI is InChI=1S/C23H22N4O.C16H14ClN3O/c1-14-3-10-19-20-12-17(13-25-22(20)23(24)27-21(19)11-14)5-4-16-6-8-18(9-7-16)26-15(2)28;1-11(21)20-14-6-4-12(5-7-14)2-3-13-8-15(17)16(9-18)19-10-13/h3,6-13H,4-5H2,1-2H3,(H2,24,27)(H,26,28);4-8,10H,2-3H2,1H3,(H,20,21). The molecule has 0 radical (unpaired) electrons. The van der Waals surface area contributed by atoms with Crippen LogP contribution in [0.4, 0.5) is 17.2 Å². The number of aromatic nitrogens is 3. The van der Waals surface area contributed by atoms with Crippen molar-refractivity contribution in [2.45, 2.75) is 46.5 Å². The topological polar surface area (TPSA) is 147 Å². The average molecular weight is 670 g/mol. The van der Waals surface area contributed by atoms with Gasteiger partial charge < -0.3 is 16.4 Å². The predicted octanol–water partition coefficient (Wildman–Crippen LogP) is 7.77. The minimum absolute atomic E-state index is 0.0637. The molecule has 0 aliphatic heterocycles. The van der Waals surface area contributed by atoms with E-state index in [9.17, 15) is 9.59 Å². The van der Waals surface area contributed by atoms with Gasteiger partial charge in [0.2, 0.25) is 11.8 Å². The van der Waals surface area contributed by atoms with Crippen LogP contribution in [0.1, 0.15) is 47.4 Å². The molecule has 0 spiro atoms. The molecule has 3 heterocycles. The number of hydrogen-bond acceptors (Lipinski definition) is 7. The number of hydrogen-bond donors (Lipinski definition) is 3. The fourth-order valence-corrected chi connectivity index (χ4v) is 5.62. The van der Waals surface area contributed by atoms with Crippen molar-refractivity contribution >= 4 is 62.4 Å². The van der Waals surface area contributed by atoms with E-state index in [2.05, 4.69) is 49.9 Å². The molecule has 0 aliphatic rings. The summed E-state index contributed by atoms with van der Waals surface area (Å²) in [5.74, 6) is 0.320. The van der Waals surface area contributed by atoms with Crippen LogP contribution in [0.15, 0.2) is 91.3 Å². The number of carbonyl (C=O) groups is 2. The van der Waals surface area contributed by atoms with E-state index in [0.29, 0.717) is 10.8 Å². The summed E-state index contributed by atoms with van der Waals surface area (Å²) in [5, 5.41) is 16.8. The van der Waals surface area contributed by atoms with Gasteiger partial charge in [-0.25, -0.2) is 9.97 Å². The fourth-order valence-electron chi connectivity index (χ4n) is 5.39. The summed E-state index contributed by atoms with van der Waals surface area (Å²) in [5.41, 5.74) is 15.3. The monoisotopic (exact) mass is 669 g/mol. The van der Waals surface area contributed by atoms with E-state index in [4.69, 9.17) is 22.6 Å². The van der Waals surface area contributed by atoms with Crippen molar-refractivity contribution in [3.63, 3.8) is 0 Å². The molecule has 2 amide bonds. The number of nitrogens with zero attached hydrogens (tertiary/aromatic N) is 4. The second kappa shape index (κ2) is 15.8. The summed E-state index contributed by atoms with van der Waals surface area (Å²) < 4.78 is 0. The lowest BCUT2D eigenvalue weighted by atomic mass is 10.0. The lowest BCUT2D eigenvalue weighted by Gasteiger charge is -2.09. The molecule has 0 bridgehead atoms. The number of fused-ring (bicyclic) bond motifs is 3. The van der Waals surface area contributed by atoms with Gasteiger partial charge in [-0.1, -0.05) is 48.0 Å². The van der Waals surface area contributed by atoms with Gasteiger partial charge in [0.25, 0.3) is 0 Å². The van der Waals surface area contributed by atoms with E-state index >= 15 is 0 Å². The van der Waals surface area contributed by atoms with Crippen molar-refractivity contribution in [3.8, 4) is 6.07 Å². The Morgan fingerprint density at radius 1 is 0.735 bits per heavy atom. The number of halogens is 1. The predicted molar refractivity (Wildman–Crippen MR) is 196 cm³/mol. The molecule has 49 heavy (non-hydrogen) atoms. The van der Waals surface area contributed by atoms with E-state index in [-0.39, 0.29) is 17.5 Å². The van der Waals surface area contributed by atoms with Crippen molar-refractivity contribution in [1.29, 1.82) is 5.26 Å². The van der Waals surface area contributed by atoms with Gasteiger partial charge >= 0.3 is 0 Å². The van der Waals surface area contributed by atoms with Crippen LogP contribution in [0, 0.1) is 18.3 Å². The smallest absolute Gasteiger partial charge is 0.221 e. The summed E-state index contributed by atoms with van der Waals surface area (Å²) in [6.07, 6.45) is 6.95. The number of aryl methyl sites for hydroxylation is 5. The maximum atomic E-state index is 11.1. The highest BCUT2D eigenvalue weighted by Gasteiger charge is 2.09. The van der Waals surface area contributed by atoms with Crippen molar-refractivity contribution in [1.82, 2.24) is 15.0 Å². The Kier molecular flexibility index (Phi) is 11.1. The van der Waals surface area contributed by atoms with Crippen LogP contribution in [0.5, 0.6) is 0 Å². The first kappa shape index (κ1) is 34.5. The molecule has 0 saturated carbocycles. The molecule has 9 nitrogen and oxygen atoms in total. The summed E-state index contributed by atoms with van der Waals surface area (Å²) in [7, 11) is 0. The summed E-state index contributed by atoms with van der Waals surface area (Å²) in [4.78, 5) is 35.2. The molecule has 0 unspecified atom stereocenters. The van der Waals surface area contributed by atoms with E-state index in [1.807, 2.05) is 67.7 Å². The third-order valence-electron chi connectivity index (χ3n) is 7.83. The quantitative estimate of drug-likeness (QED) is 0.140. The highest BCUT2D eigenvalue weighted by atomic mass is 35.5. The third-order valence-corrected chi connectivity index (χ3v) is 8.12. The van der Waals surface area contributed by atoms with E-state index in [1.54, 1.807) is 12.3 Å². The zero-order valence-electron chi connectivity index (χ0n) is 27.5. The minimum Gasteiger partial charge on any atom is -0.382 e. The maximum absolute atomic E-state index is 11.1. The molecule has 246 valence electrons. The van der Waals surface area contributed by atoms with Gasteiger partial charge in [-0.15, -0.1) is 0 Å². The number of anilines is 3. The highest BCUT2D eigenvalue weighted by molar-refractivity contribution is 6.31. The maximum Gasteiger partial charge on any atom is 0.221 e. The first-order valence-electron chi connectivity index (χ1n) is 15.8. The largest absolute Gasteiger partial charge is 0.382 e. The van der Waals surface area contributed by atoms with Crippen LogP contribution in [-0.2, 0) is 35.3 Å². The molecule has 0 saturated heterocycles. The number of nitrogens with two attached hydrogens (primary N) is 1. The molecular formula is C39H36ClN7O2. The number of nitriles is 1.